The maximum Gasteiger partial charge on any atom is 0.269 e. The number of amides is 1. The van der Waals surface area contributed by atoms with Crippen molar-refractivity contribution in [2.24, 2.45) is 0 Å². The van der Waals surface area contributed by atoms with E-state index in [0.717, 1.165) is 10.3 Å². The van der Waals surface area contributed by atoms with Gasteiger partial charge in [0.05, 0.1) is 24.3 Å². The first-order chi connectivity index (χ1) is 13.0. The molecule has 1 N–H and O–H groups in total. The number of nitrogens with zero attached hydrogens (tertiary/aromatic N) is 1. The van der Waals surface area contributed by atoms with Crippen LogP contribution in [-0.2, 0) is 11.2 Å². The van der Waals surface area contributed by atoms with Crippen LogP contribution < -0.4 is 20.3 Å². The third-order valence-electron chi connectivity index (χ3n) is 4.41. The van der Waals surface area contributed by atoms with Crippen LogP contribution in [0.25, 0.3) is 10.1 Å². The minimum atomic E-state index is -0.555. The number of carbonyl (C=O) groups is 1. The van der Waals surface area contributed by atoms with E-state index in [-0.39, 0.29) is 11.5 Å². The van der Waals surface area contributed by atoms with E-state index in [1.807, 2.05) is 36.4 Å². The molecule has 27 heavy (non-hydrogen) atoms. The number of hydrogen-bond acceptors (Lipinski definition) is 5. The molecule has 0 radical (unpaired) electrons. The van der Waals surface area contributed by atoms with Gasteiger partial charge in [-0.1, -0.05) is 29.7 Å². The predicted molar refractivity (Wildman–Crippen MR) is 107 cm³/mol. The minimum Gasteiger partial charge on any atom is -0.493 e. The monoisotopic (exact) mass is 386 g/mol. The van der Waals surface area contributed by atoms with Crippen LogP contribution in [0, 0.1) is 0 Å². The lowest BCUT2D eigenvalue weighted by Crippen LogP contribution is -2.34. The van der Waals surface area contributed by atoms with Gasteiger partial charge in [0.1, 0.15) is 6.04 Å². The van der Waals surface area contributed by atoms with Crippen molar-refractivity contribution < 1.29 is 14.3 Å². The molecule has 7 heteroatoms. The molecule has 3 rings (SSSR count). The number of nitrogens with one attached hydrogen (secondary N) is 1. The van der Waals surface area contributed by atoms with Crippen molar-refractivity contribution in [1.29, 1.82) is 0 Å². The summed E-state index contributed by atoms with van der Waals surface area (Å²) in [5.41, 5.74) is 0.901. The molecule has 142 valence electrons. The average Bonchev–Trinajstić information content (AvgIpc) is 3.04. The fourth-order valence-electron chi connectivity index (χ4n) is 2.86. The van der Waals surface area contributed by atoms with E-state index in [1.165, 1.54) is 15.5 Å². The van der Waals surface area contributed by atoms with Gasteiger partial charge in [-0.2, -0.15) is 0 Å². The van der Waals surface area contributed by atoms with Crippen LogP contribution in [0.4, 0.5) is 0 Å². The van der Waals surface area contributed by atoms with Gasteiger partial charge in [0.25, 0.3) is 5.56 Å². The fourth-order valence-corrected chi connectivity index (χ4v) is 3.90. The highest BCUT2D eigenvalue weighted by Gasteiger charge is 2.19. The Morgan fingerprint density at radius 3 is 2.59 bits per heavy atom. The predicted octanol–water partition coefficient (Wildman–Crippen LogP) is 3.00. The van der Waals surface area contributed by atoms with Gasteiger partial charge in [0, 0.05) is 6.54 Å². The molecule has 0 aliphatic rings. The molecule has 2 aromatic carbocycles. The Morgan fingerprint density at radius 1 is 1.15 bits per heavy atom. The van der Waals surface area contributed by atoms with E-state index < -0.39 is 6.04 Å². The Morgan fingerprint density at radius 2 is 1.89 bits per heavy atom. The van der Waals surface area contributed by atoms with Crippen molar-refractivity contribution in [2.45, 2.75) is 19.4 Å². The molecule has 0 fully saturated rings. The Labute approximate surface area is 161 Å². The van der Waals surface area contributed by atoms with Crippen LogP contribution in [0.5, 0.6) is 11.5 Å². The van der Waals surface area contributed by atoms with E-state index in [0.29, 0.717) is 29.9 Å². The summed E-state index contributed by atoms with van der Waals surface area (Å²) < 4.78 is 12.9. The standard InChI is InChI=1S/C20H22N2O4S/c1-13(22-20(24)15-6-4-5-7-18(15)27-22)19(23)21-11-10-14-8-9-16(25-2)17(12-14)26-3/h4-9,12-13H,10-11H2,1-3H3,(H,21,23)/t13-/m1/s1. The molecule has 0 spiro atoms. The van der Waals surface area contributed by atoms with Crippen molar-refractivity contribution in [3.63, 3.8) is 0 Å². The molecule has 0 unspecified atom stereocenters. The first-order valence-electron chi connectivity index (χ1n) is 8.64. The van der Waals surface area contributed by atoms with Crippen molar-refractivity contribution in [2.75, 3.05) is 20.8 Å². The van der Waals surface area contributed by atoms with Gasteiger partial charge in [-0.3, -0.25) is 13.5 Å². The van der Waals surface area contributed by atoms with Gasteiger partial charge in [-0.25, -0.2) is 0 Å². The van der Waals surface area contributed by atoms with E-state index in [4.69, 9.17) is 9.47 Å². The molecule has 1 atom stereocenters. The molecule has 0 aliphatic carbocycles. The summed E-state index contributed by atoms with van der Waals surface area (Å²) in [6.45, 7) is 2.21. The van der Waals surface area contributed by atoms with E-state index in [2.05, 4.69) is 5.32 Å². The summed E-state index contributed by atoms with van der Waals surface area (Å²) in [7, 11) is 3.18. The Balaban J connectivity index is 1.63. The number of fused-ring (bicyclic) bond motifs is 1. The maximum absolute atomic E-state index is 12.5. The average molecular weight is 386 g/mol. The number of aromatic nitrogens is 1. The summed E-state index contributed by atoms with van der Waals surface area (Å²) in [5, 5.41) is 3.55. The van der Waals surface area contributed by atoms with Gasteiger partial charge >= 0.3 is 0 Å². The molecule has 0 bridgehead atoms. The highest BCUT2D eigenvalue weighted by atomic mass is 32.1. The van der Waals surface area contributed by atoms with Gasteiger partial charge < -0.3 is 14.8 Å². The third kappa shape index (κ3) is 3.98. The van der Waals surface area contributed by atoms with Gasteiger partial charge in [0.15, 0.2) is 11.5 Å². The second-order valence-electron chi connectivity index (χ2n) is 6.12. The lowest BCUT2D eigenvalue weighted by Gasteiger charge is -2.13. The highest BCUT2D eigenvalue weighted by Crippen LogP contribution is 2.27. The summed E-state index contributed by atoms with van der Waals surface area (Å²) in [6.07, 6.45) is 0.653. The summed E-state index contributed by atoms with van der Waals surface area (Å²) in [5.74, 6) is 1.15. The number of rotatable bonds is 7. The molecule has 1 aromatic heterocycles. The number of carbonyl (C=O) groups excluding carboxylic acids is 1. The molecule has 0 aliphatic heterocycles. The van der Waals surface area contributed by atoms with Crippen LogP contribution in [-0.4, -0.2) is 30.6 Å². The van der Waals surface area contributed by atoms with Crippen molar-refractivity contribution >= 4 is 27.5 Å². The zero-order valence-electron chi connectivity index (χ0n) is 15.5. The normalized spacial score (nSPS) is 12.0. The van der Waals surface area contributed by atoms with E-state index in [1.54, 1.807) is 27.2 Å². The van der Waals surface area contributed by atoms with Gasteiger partial charge in [-0.15, -0.1) is 0 Å². The number of ether oxygens (including phenoxy) is 2. The molecule has 6 nitrogen and oxygen atoms in total. The van der Waals surface area contributed by atoms with Gasteiger partial charge in [0.2, 0.25) is 5.91 Å². The third-order valence-corrected chi connectivity index (χ3v) is 5.64. The summed E-state index contributed by atoms with van der Waals surface area (Å²) in [6, 6.07) is 12.5. The molecule has 0 saturated heterocycles. The molecular weight excluding hydrogens is 364 g/mol. The Kier molecular flexibility index (Phi) is 5.81. The molecule has 1 amide bonds. The zero-order chi connectivity index (χ0) is 19.4. The van der Waals surface area contributed by atoms with Crippen LogP contribution in [0.15, 0.2) is 47.3 Å². The number of methoxy groups -OCH3 is 2. The van der Waals surface area contributed by atoms with Crippen molar-refractivity contribution in [1.82, 2.24) is 9.27 Å². The van der Waals surface area contributed by atoms with Crippen LogP contribution in [0.2, 0.25) is 0 Å². The topological polar surface area (TPSA) is 69.6 Å². The first-order valence-corrected chi connectivity index (χ1v) is 9.41. The Hall–Kier alpha value is -2.80. The maximum atomic E-state index is 12.5. The van der Waals surface area contributed by atoms with E-state index >= 15 is 0 Å². The second kappa shape index (κ2) is 8.26. The van der Waals surface area contributed by atoms with Crippen molar-refractivity contribution in [3.8, 4) is 11.5 Å². The SMILES string of the molecule is COc1ccc(CCNC(=O)[C@@H](C)n2sc3ccccc3c2=O)cc1OC. The number of benzene rings is 2. The Bertz CT molecular complexity index is 1010. The quantitative estimate of drug-likeness (QED) is 0.678. The molecule has 0 saturated carbocycles. The highest BCUT2D eigenvalue weighted by molar-refractivity contribution is 7.14. The van der Waals surface area contributed by atoms with Crippen LogP contribution >= 0.6 is 11.5 Å². The van der Waals surface area contributed by atoms with Crippen molar-refractivity contribution in [3.05, 3.63) is 58.4 Å². The zero-order valence-corrected chi connectivity index (χ0v) is 16.3. The van der Waals surface area contributed by atoms with Gasteiger partial charge in [-0.05, 0) is 43.2 Å². The lowest BCUT2D eigenvalue weighted by molar-refractivity contribution is -0.123. The first kappa shape index (κ1) is 19.0. The molecular formula is C20H22N2O4S. The van der Waals surface area contributed by atoms with Crippen LogP contribution in [0.3, 0.4) is 0 Å². The fraction of sp³-hybridized carbons (Fsp3) is 0.300. The summed E-state index contributed by atoms with van der Waals surface area (Å²) >= 11 is 1.31. The smallest absolute Gasteiger partial charge is 0.269 e. The molecule has 3 aromatic rings. The summed E-state index contributed by atoms with van der Waals surface area (Å²) in [4.78, 5) is 24.9. The minimum absolute atomic E-state index is 0.127. The van der Waals surface area contributed by atoms with Crippen LogP contribution in [0.1, 0.15) is 18.5 Å². The number of hydrogen-bond donors (Lipinski definition) is 1. The molecule has 1 heterocycles. The van der Waals surface area contributed by atoms with E-state index in [9.17, 15) is 9.59 Å². The lowest BCUT2D eigenvalue weighted by atomic mass is 10.1. The largest absolute Gasteiger partial charge is 0.493 e. The second-order valence-corrected chi connectivity index (χ2v) is 7.14.